The van der Waals surface area contributed by atoms with Crippen LogP contribution in [0.2, 0.25) is 0 Å². The van der Waals surface area contributed by atoms with Crippen LogP contribution in [0.5, 0.6) is 0 Å². The minimum absolute atomic E-state index is 0.00750. The van der Waals surface area contributed by atoms with E-state index in [9.17, 15) is 18.0 Å². The lowest BCUT2D eigenvalue weighted by atomic mass is 9.97. The van der Waals surface area contributed by atoms with Crippen molar-refractivity contribution in [2.45, 2.75) is 70.6 Å². The molecule has 7 nitrogen and oxygen atoms in total. The fraction of sp³-hybridized carbons (Fsp3) is 0.385. The van der Waals surface area contributed by atoms with Gasteiger partial charge in [0, 0.05) is 0 Å². The van der Waals surface area contributed by atoms with Crippen LogP contribution in [-0.2, 0) is 29.1 Å². The van der Waals surface area contributed by atoms with E-state index in [1.54, 1.807) is 77.9 Å². The summed E-state index contributed by atoms with van der Waals surface area (Å²) in [6.07, 6.45) is 1.50. The van der Waals surface area contributed by atoms with Crippen LogP contribution in [0, 0.1) is 6.92 Å². The highest BCUT2D eigenvalue weighted by molar-refractivity contribution is 7.93. The molecular formula is C26H31NO6S. The summed E-state index contributed by atoms with van der Waals surface area (Å²) in [7, 11) is -4.27. The van der Waals surface area contributed by atoms with Crippen molar-refractivity contribution in [1.82, 2.24) is 0 Å². The molecule has 2 aromatic carbocycles. The zero-order valence-electron chi connectivity index (χ0n) is 20.6. The Hall–Kier alpha value is -3.13. The minimum atomic E-state index is -4.27. The molecule has 1 heterocycles. The lowest BCUT2D eigenvalue weighted by Gasteiger charge is -2.37. The van der Waals surface area contributed by atoms with E-state index in [1.807, 2.05) is 6.92 Å². The Balaban J connectivity index is 2.27. The minimum Gasteiger partial charge on any atom is -0.458 e. The Kier molecular flexibility index (Phi) is 6.68. The van der Waals surface area contributed by atoms with E-state index in [0.717, 1.165) is 9.87 Å². The summed E-state index contributed by atoms with van der Waals surface area (Å²) in [5.41, 5.74) is -0.250. The maximum absolute atomic E-state index is 13.9. The third-order valence-electron chi connectivity index (χ3n) is 4.86. The van der Waals surface area contributed by atoms with E-state index < -0.39 is 39.2 Å². The highest BCUT2D eigenvalue weighted by Gasteiger charge is 2.46. The number of carbonyl (C=O) groups is 2. The molecule has 1 unspecified atom stereocenters. The normalized spacial score (nSPS) is 16.4. The summed E-state index contributed by atoms with van der Waals surface area (Å²) in [6.45, 7) is 12.0. The number of sulfonamides is 1. The molecule has 2 aromatic rings. The van der Waals surface area contributed by atoms with Gasteiger partial charge in [0.2, 0.25) is 0 Å². The first-order valence-corrected chi connectivity index (χ1v) is 12.4. The van der Waals surface area contributed by atoms with Crippen LogP contribution in [-0.4, -0.2) is 37.6 Å². The Bertz CT molecular complexity index is 1230. The monoisotopic (exact) mass is 485 g/mol. The van der Waals surface area contributed by atoms with Gasteiger partial charge in [-0.05, 0) is 78.3 Å². The van der Waals surface area contributed by atoms with Gasteiger partial charge in [-0.2, -0.15) is 0 Å². The molecule has 0 amide bonds. The molecule has 8 heteroatoms. The third kappa shape index (κ3) is 5.50. The van der Waals surface area contributed by atoms with Crippen molar-refractivity contribution in [2.75, 3.05) is 4.31 Å². The van der Waals surface area contributed by atoms with Crippen LogP contribution < -0.4 is 4.31 Å². The molecule has 0 saturated heterocycles. The molecule has 34 heavy (non-hydrogen) atoms. The van der Waals surface area contributed by atoms with E-state index in [4.69, 9.17) is 9.47 Å². The van der Waals surface area contributed by atoms with Gasteiger partial charge in [0.15, 0.2) is 6.04 Å². The molecule has 0 aliphatic carbocycles. The van der Waals surface area contributed by atoms with Crippen molar-refractivity contribution < 1.29 is 27.5 Å². The third-order valence-corrected chi connectivity index (χ3v) is 6.65. The Morgan fingerprint density at radius 1 is 0.853 bits per heavy atom. The molecule has 1 aliphatic rings. The molecule has 0 saturated carbocycles. The van der Waals surface area contributed by atoms with Crippen molar-refractivity contribution in [3.05, 3.63) is 65.2 Å². The number of fused-ring (bicyclic) bond motifs is 1. The van der Waals surface area contributed by atoms with E-state index in [-0.39, 0.29) is 16.2 Å². The van der Waals surface area contributed by atoms with Gasteiger partial charge in [0.05, 0.1) is 16.2 Å². The number of rotatable bonds is 4. The maximum Gasteiger partial charge on any atom is 0.337 e. The fourth-order valence-electron chi connectivity index (χ4n) is 3.50. The summed E-state index contributed by atoms with van der Waals surface area (Å²) in [5, 5.41) is 0. The maximum atomic E-state index is 13.9. The van der Waals surface area contributed by atoms with Gasteiger partial charge in [0.1, 0.15) is 11.2 Å². The van der Waals surface area contributed by atoms with Crippen molar-refractivity contribution in [3.63, 3.8) is 0 Å². The second-order valence-corrected chi connectivity index (χ2v) is 12.0. The number of anilines is 1. The molecule has 0 fully saturated rings. The van der Waals surface area contributed by atoms with Gasteiger partial charge < -0.3 is 9.47 Å². The molecule has 0 bridgehead atoms. The van der Waals surface area contributed by atoms with Crippen LogP contribution in [0.1, 0.15) is 52.7 Å². The number of para-hydroxylation sites is 1. The number of nitrogens with zero attached hydrogens (tertiary/aromatic N) is 1. The second-order valence-electron chi connectivity index (χ2n) is 10.2. The quantitative estimate of drug-likeness (QED) is 0.586. The second kappa shape index (κ2) is 8.91. The lowest BCUT2D eigenvalue weighted by Crippen LogP contribution is -2.52. The molecule has 1 atom stereocenters. The molecule has 0 radical (unpaired) electrons. The van der Waals surface area contributed by atoms with Gasteiger partial charge in [0.25, 0.3) is 10.0 Å². The summed E-state index contributed by atoms with van der Waals surface area (Å²) in [4.78, 5) is 26.7. The highest BCUT2D eigenvalue weighted by atomic mass is 32.2. The average molecular weight is 486 g/mol. The number of aryl methyl sites for hydroxylation is 1. The smallest absolute Gasteiger partial charge is 0.337 e. The Labute approximate surface area is 201 Å². The SMILES string of the molecule is Cc1ccc(S(=O)(=O)N2c3ccccc3C=C(C(=O)OC(C)(C)C)C2C(=O)OC(C)(C)C)cc1. The van der Waals surface area contributed by atoms with Gasteiger partial charge in [-0.3, -0.25) is 0 Å². The fourth-order valence-corrected chi connectivity index (χ4v) is 5.11. The number of hydrogen-bond acceptors (Lipinski definition) is 6. The zero-order chi connectivity index (χ0) is 25.5. The van der Waals surface area contributed by atoms with Crippen LogP contribution in [0.3, 0.4) is 0 Å². The first-order valence-electron chi connectivity index (χ1n) is 11.0. The van der Waals surface area contributed by atoms with Crippen LogP contribution in [0.15, 0.2) is 59.0 Å². The molecule has 3 rings (SSSR count). The van der Waals surface area contributed by atoms with E-state index in [0.29, 0.717) is 5.56 Å². The van der Waals surface area contributed by atoms with E-state index in [2.05, 4.69) is 0 Å². The molecule has 0 aromatic heterocycles. The van der Waals surface area contributed by atoms with Crippen LogP contribution in [0.25, 0.3) is 6.08 Å². The predicted octanol–water partition coefficient (Wildman–Crippen LogP) is 4.64. The Morgan fingerprint density at radius 3 is 1.97 bits per heavy atom. The number of esters is 2. The average Bonchev–Trinajstić information content (AvgIpc) is 2.70. The van der Waals surface area contributed by atoms with Crippen molar-refractivity contribution in [2.24, 2.45) is 0 Å². The molecule has 182 valence electrons. The summed E-state index contributed by atoms with van der Waals surface area (Å²) in [5.74, 6) is -1.66. The number of carbonyl (C=O) groups excluding carboxylic acids is 2. The first kappa shape index (κ1) is 25.5. The number of hydrogen-bond donors (Lipinski definition) is 0. The zero-order valence-corrected chi connectivity index (χ0v) is 21.4. The van der Waals surface area contributed by atoms with Gasteiger partial charge in [-0.1, -0.05) is 35.9 Å². The largest absolute Gasteiger partial charge is 0.458 e. The van der Waals surface area contributed by atoms with Crippen molar-refractivity contribution in [1.29, 1.82) is 0 Å². The topological polar surface area (TPSA) is 90.0 Å². The first-order chi connectivity index (χ1) is 15.6. The summed E-state index contributed by atoms with van der Waals surface area (Å²) in [6, 6.07) is 11.4. The van der Waals surface area contributed by atoms with Crippen LogP contribution >= 0.6 is 0 Å². The molecule has 1 aliphatic heterocycles. The van der Waals surface area contributed by atoms with Gasteiger partial charge >= 0.3 is 11.9 Å². The van der Waals surface area contributed by atoms with Crippen molar-refractivity contribution in [3.8, 4) is 0 Å². The number of ether oxygens (including phenoxy) is 2. The standard InChI is InChI=1S/C26H31NO6S/c1-17-12-14-19(15-13-17)34(30,31)27-21-11-9-8-10-18(21)16-20(23(28)32-25(2,3)4)22(27)24(29)33-26(5,6)7/h8-16,22H,1-7H3. The highest BCUT2D eigenvalue weighted by Crippen LogP contribution is 2.38. The summed E-state index contributed by atoms with van der Waals surface area (Å²) >= 11 is 0. The lowest BCUT2D eigenvalue weighted by molar-refractivity contribution is -0.159. The van der Waals surface area contributed by atoms with Crippen LogP contribution in [0.4, 0.5) is 5.69 Å². The molecule has 0 spiro atoms. The number of benzene rings is 2. The Morgan fingerprint density at radius 2 is 1.41 bits per heavy atom. The van der Waals surface area contributed by atoms with Gasteiger partial charge in [-0.15, -0.1) is 0 Å². The predicted molar refractivity (Wildman–Crippen MR) is 131 cm³/mol. The van der Waals surface area contributed by atoms with E-state index >= 15 is 0 Å². The van der Waals surface area contributed by atoms with Gasteiger partial charge in [-0.25, -0.2) is 22.3 Å². The summed E-state index contributed by atoms with van der Waals surface area (Å²) < 4.78 is 40.0. The van der Waals surface area contributed by atoms with E-state index in [1.165, 1.54) is 18.2 Å². The molecular weight excluding hydrogens is 454 g/mol. The molecule has 0 N–H and O–H groups in total. The van der Waals surface area contributed by atoms with Crippen molar-refractivity contribution >= 4 is 33.7 Å².